The Kier molecular flexibility index (Phi) is 4.65. The summed E-state index contributed by atoms with van der Waals surface area (Å²) in [5, 5.41) is 0. The topological polar surface area (TPSA) is 66.6 Å². The number of aromatic nitrogens is 1. The Labute approximate surface area is 118 Å². The zero-order chi connectivity index (χ0) is 14.4. The Morgan fingerprint density at radius 2 is 2.00 bits per heavy atom. The van der Waals surface area contributed by atoms with Crippen LogP contribution in [0.25, 0.3) is 0 Å². The molecule has 2 aromatic rings. The number of anilines is 1. The molecule has 106 valence electrons. The number of nitrogen functional groups attached to an aromatic ring is 1. The second kappa shape index (κ2) is 6.65. The highest BCUT2D eigenvalue weighted by Gasteiger charge is 2.11. The molecule has 2 N–H and O–H groups in total. The van der Waals surface area contributed by atoms with Crippen molar-refractivity contribution < 1.29 is 14.2 Å². The second-order valence-corrected chi connectivity index (χ2v) is 4.17. The van der Waals surface area contributed by atoms with Gasteiger partial charge in [-0.3, -0.25) is 0 Å². The average Bonchev–Trinajstić information content (AvgIpc) is 2.48. The number of methoxy groups -OCH3 is 1. The average molecular weight is 274 g/mol. The van der Waals surface area contributed by atoms with E-state index in [9.17, 15) is 0 Å². The number of nitrogens with two attached hydrogens (primary N) is 1. The van der Waals surface area contributed by atoms with Crippen LogP contribution in [0, 0.1) is 0 Å². The summed E-state index contributed by atoms with van der Waals surface area (Å²) in [5.74, 6) is 2.11. The number of benzene rings is 1. The van der Waals surface area contributed by atoms with E-state index in [1.54, 1.807) is 37.6 Å². The fourth-order valence-corrected chi connectivity index (χ4v) is 1.65. The van der Waals surface area contributed by atoms with Gasteiger partial charge in [-0.05, 0) is 30.7 Å². The maximum Gasteiger partial charge on any atom is 0.262 e. The van der Waals surface area contributed by atoms with E-state index in [-0.39, 0.29) is 0 Å². The van der Waals surface area contributed by atoms with Gasteiger partial charge in [0.15, 0.2) is 17.2 Å². The van der Waals surface area contributed by atoms with Crippen LogP contribution in [0.1, 0.15) is 13.3 Å². The van der Waals surface area contributed by atoms with Gasteiger partial charge in [-0.1, -0.05) is 6.92 Å². The molecule has 0 atom stereocenters. The van der Waals surface area contributed by atoms with E-state index in [0.717, 1.165) is 6.42 Å². The molecule has 1 aromatic heterocycles. The van der Waals surface area contributed by atoms with Crippen molar-refractivity contribution in [2.24, 2.45) is 0 Å². The van der Waals surface area contributed by atoms with Gasteiger partial charge in [-0.25, -0.2) is 4.98 Å². The lowest BCUT2D eigenvalue weighted by Gasteiger charge is -2.13. The summed E-state index contributed by atoms with van der Waals surface area (Å²) in [6.07, 6.45) is 2.57. The minimum Gasteiger partial charge on any atom is -0.493 e. The van der Waals surface area contributed by atoms with Crippen molar-refractivity contribution in [2.45, 2.75) is 13.3 Å². The monoisotopic (exact) mass is 274 g/mol. The third kappa shape index (κ3) is 3.32. The molecule has 5 nitrogen and oxygen atoms in total. The van der Waals surface area contributed by atoms with Gasteiger partial charge in [0.1, 0.15) is 0 Å². The number of pyridine rings is 1. The first-order chi connectivity index (χ1) is 9.74. The first-order valence-corrected chi connectivity index (χ1v) is 6.43. The molecule has 0 bridgehead atoms. The lowest BCUT2D eigenvalue weighted by Crippen LogP contribution is -1.99. The van der Waals surface area contributed by atoms with Crippen molar-refractivity contribution in [1.82, 2.24) is 4.98 Å². The predicted molar refractivity (Wildman–Crippen MR) is 77.5 cm³/mol. The van der Waals surface area contributed by atoms with E-state index < -0.39 is 0 Å². The third-order valence-electron chi connectivity index (χ3n) is 2.59. The predicted octanol–water partition coefficient (Wildman–Crippen LogP) is 3.25. The third-order valence-corrected chi connectivity index (χ3v) is 2.59. The van der Waals surface area contributed by atoms with Crippen molar-refractivity contribution in [3.05, 3.63) is 36.5 Å². The van der Waals surface area contributed by atoms with E-state index >= 15 is 0 Å². The molecule has 0 aliphatic rings. The van der Waals surface area contributed by atoms with E-state index in [2.05, 4.69) is 4.98 Å². The second-order valence-electron chi connectivity index (χ2n) is 4.17. The summed E-state index contributed by atoms with van der Waals surface area (Å²) in [7, 11) is 1.56. The van der Waals surface area contributed by atoms with Crippen LogP contribution in [0.15, 0.2) is 36.5 Å². The Hall–Kier alpha value is -2.43. The zero-order valence-electron chi connectivity index (χ0n) is 11.6. The molecule has 0 fully saturated rings. The summed E-state index contributed by atoms with van der Waals surface area (Å²) in [5.41, 5.74) is 6.33. The molecule has 1 heterocycles. The van der Waals surface area contributed by atoms with Gasteiger partial charge in [0, 0.05) is 18.0 Å². The van der Waals surface area contributed by atoms with Gasteiger partial charge in [-0.2, -0.15) is 0 Å². The summed E-state index contributed by atoms with van der Waals surface area (Å²) in [6.45, 7) is 2.65. The first-order valence-electron chi connectivity index (χ1n) is 6.43. The van der Waals surface area contributed by atoms with Crippen LogP contribution >= 0.6 is 0 Å². The number of ether oxygens (including phenoxy) is 3. The van der Waals surface area contributed by atoms with Crippen molar-refractivity contribution >= 4 is 5.69 Å². The van der Waals surface area contributed by atoms with Gasteiger partial charge in [0.2, 0.25) is 0 Å². The molecule has 0 unspecified atom stereocenters. The number of nitrogens with zero attached hydrogens (tertiary/aromatic N) is 1. The lowest BCUT2D eigenvalue weighted by molar-refractivity contribution is 0.294. The molecular weight excluding hydrogens is 256 g/mol. The van der Waals surface area contributed by atoms with Crippen molar-refractivity contribution in [2.75, 3.05) is 19.5 Å². The van der Waals surface area contributed by atoms with Crippen molar-refractivity contribution in [3.63, 3.8) is 0 Å². The molecule has 0 saturated heterocycles. The molecule has 5 heteroatoms. The SMILES string of the molecule is CCCOc1cccnc1Oc1ccc(N)cc1OC. The number of rotatable bonds is 6. The maximum absolute atomic E-state index is 5.77. The Morgan fingerprint density at radius 1 is 1.15 bits per heavy atom. The minimum atomic E-state index is 0.407. The fraction of sp³-hybridized carbons (Fsp3) is 0.267. The van der Waals surface area contributed by atoms with Crippen LogP contribution in [-0.2, 0) is 0 Å². The molecule has 0 radical (unpaired) electrons. The first kappa shape index (κ1) is 14.0. The van der Waals surface area contributed by atoms with Crippen molar-refractivity contribution in [3.8, 4) is 23.1 Å². The number of hydrogen-bond acceptors (Lipinski definition) is 5. The van der Waals surface area contributed by atoms with Crippen LogP contribution in [0.3, 0.4) is 0 Å². The van der Waals surface area contributed by atoms with Crippen LogP contribution in [0.4, 0.5) is 5.69 Å². The van der Waals surface area contributed by atoms with Crippen LogP contribution < -0.4 is 19.9 Å². The van der Waals surface area contributed by atoms with Gasteiger partial charge >= 0.3 is 0 Å². The fourth-order valence-electron chi connectivity index (χ4n) is 1.65. The van der Waals surface area contributed by atoms with Crippen LogP contribution in [-0.4, -0.2) is 18.7 Å². The molecule has 20 heavy (non-hydrogen) atoms. The van der Waals surface area contributed by atoms with E-state index in [1.807, 2.05) is 13.0 Å². The van der Waals surface area contributed by atoms with E-state index in [0.29, 0.717) is 35.4 Å². The maximum atomic E-state index is 5.77. The standard InChI is InChI=1S/C15H18N2O3/c1-3-9-19-13-5-4-8-17-15(13)20-12-7-6-11(16)10-14(12)18-2/h4-8,10H,3,9,16H2,1-2H3. The number of hydrogen-bond donors (Lipinski definition) is 1. The van der Waals surface area contributed by atoms with Crippen molar-refractivity contribution in [1.29, 1.82) is 0 Å². The van der Waals surface area contributed by atoms with E-state index in [1.165, 1.54) is 0 Å². The molecule has 0 amide bonds. The molecule has 0 aliphatic heterocycles. The Bertz CT molecular complexity index is 573. The van der Waals surface area contributed by atoms with Gasteiger partial charge in [0.05, 0.1) is 13.7 Å². The summed E-state index contributed by atoms with van der Waals surface area (Å²) < 4.78 is 16.6. The highest BCUT2D eigenvalue weighted by molar-refractivity contribution is 5.53. The molecular formula is C15H18N2O3. The zero-order valence-corrected chi connectivity index (χ0v) is 11.6. The molecule has 1 aromatic carbocycles. The van der Waals surface area contributed by atoms with Gasteiger partial charge in [-0.15, -0.1) is 0 Å². The van der Waals surface area contributed by atoms with Crippen LogP contribution in [0.2, 0.25) is 0 Å². The quantitative estimate of drug-likeness (QED) is 0.819. The summed E-state index contributed by atoms with van der Waals surface area (Å²) in [4.78, 5) is 4.19. The normalized spacial score (nSPS) is 10.1. The smallest absolute Gasteiger partial charge is 0.262 e. The van der Waals surface area contributed by atoms with Crippen LogP contribution in [0.5, 0.6) is 23.1 Å². The van der Waals surface area contributed by atoms with Gasteiger partial charge < -0.3 is 19.9 Å². The molecule has 0 spiro atoms. The lowest BCUT2D eigenvalue weighted by atomic mass is 10.3. The Balaban J connectivity index is 2.25. The molecule has 0 saturated carbocycles. The largest absolute Gasteiger partial charge is 0.493 e. The molecule has 2 rings (SSSR count). The highest BCUT2D eigenvalue weighted by atomic mass is 16.5. The summed E-state index contributed by atoms with van der Waals surface area (Å²) in [6, 6.07) is 8.81. The Morgan fingerprint density at radius 3 is 2.75 bits per heavy atom. The highest BCUT2D eigenvalue weighted by Crippen LogP contribution is 2.35. The molecule has 0 aliphatic carbocycles. The minimum absolute atomic E-state index is 0.407. The summed E-state index contributed by atoms with van der Waals surface area (Å²) >= 11 is 0. The van der Waals surface area contributed by atoms with E-state index in [4.69, 9.17) is 19.9 Å². The van der Waals surface area contributed by atoms with Gasteiger partial charge in [0.25, 0.3) is 5.88 Å².